The summed E-state index contributed by atoms with van der Waals surface area (Å²) in [5.41, 5.74) is 0.524. The molecule has 2 rings (SSSR count). The summed E-state index contributed by atoms with van der Waals surface area (Å²) in [6.45, 7) is 0.588. The number of benzene rings is 1. The molecule has 2 atom stereocenters. The van der Waals surface area contributed by atoms with E-state index in [1.54, 1.807) is 18.2 Å². The molecule has 0 saturated carbocycles. The Balaban J connectivity index is 2.21. The van der Waals surface area contributed by atoms with Crippen LogP contribution in [0.25, 0.3) is 0 Å². The first-order valence-corrected chi connectivity index (χ1v) is 4.93. The number of halogens is 1. The smallest absolute Gasteiger partial charge is 0.140 e. The van der Waals surface area contributed by atoms with Crippen molar-refractivity contribution in [2.24, 2.45) is 0 Å². The molecule has 1 aliphatic rings. The normalized spacial score (nSPS) is 27.1. The van der Waals surface area contributed by atoms with Crippen molar-refractivity contribution in [3.63, 3.8) is 0 Å². The SMILES string of the molecule is CN1CC(CO)OC1c1ccccc1F. The third-order valence-corrected chi connectivity index (χ3v) is 2.59. The zero-order chi connectivity index (χ0) is 10.8. The van der Waals surface area contributed by atoms with Gasteiger partial charge in [0.1, 0.15) is 12.0 Å². The predicted octanol–water partition coefficient (Wildman–Crippen LogP) is 1.15. The fraction of sp³-hybridized carbons (Fsp3) is 0.455. The maximum Gasteiger partial charge on any atom is 0.140 e. The Labute approximate surface area is 88.1 Å². The molecule has 0 spiro atoms. The molecule has 0 amide bonds. The Hall–Kier alpha value is -0.970. The summed E-state index contributed by atoms with van der Waals surface area (Å²) in [6.07, 6.45) is -0.608. The number of hydrogen-bond acceptors (Lipinski definition) is 3. The van der Waals surface area contributed by atoms with Crippen LogP contribution >= 0.6 is 0 Å². The van der Waals surface area contributed by atoms with Crippen molar-refractivity contribution >= 4 is 0 Å². The van der Waals surface area contributed by atoms with Gasteiger partial charge in [-0.15, -0.1) is 0 Å². The average Bonchev–Trinajstić information content (AvgIpc) is 2.60. The van der Waals surface area contributed by atoms with Crippen LogP contribution in [0.15, 0.2) is 24.3 Å². The second-order valence-corrected chi connectivity index (χ2v) is 3.75. The van der Waals surface area contributed by atoms with Gasteiger partial charge in [0.15, 0.2) is 0 Å². The molecule has 2 unspecified atom stereocenters. The maximum atomic E-state index is 13.5. The average molecular weight is 211 g/mol. The van der Waals surface area contributed by atoms with Gasteiger partial charge in [-0.05, 0) is 13.1 Å². The summed E-state index contributed by atoms with van der Waals surface area (Å²) in [5.74, 6) is -0.270. The van der Waals surface area contributed by atoms with Crippen molar-refractivity contribution in [3.8, 4) is 0 Å². The van der Waals surface area contributed by atoms with E-state index in [2.05, 4.69) is 0 Å². The number of hydrogen-bond donors (Lipinski definition) is 1. The summed E-state index contributed by atoms with van der Waals surface area (Å²) >= 11 is 0. The van der Waals surface area contributed by atoms with Crippen molar-refractivity contribution in [3.05, 3.63) is 35.6 Å². The van der Waals surface area contributed by atoms with Gasteiger partial charge in [-0.2, -0.15) is 0 Å². The van der Waals surface area contributed by atoms with Crippen LogP contribution in [-0.2, 0) is 4.74 Å². The van der Waals surface area contributed by atoms with Crippen molar-refractivity contribution < 1.29 is 14.2 Å². The van der Waals surface area contributed by atoms with E-state index >= 15 is 0 Å². The molecule has 1 aliphatic heterocycles. The highest BCUT2D eigenvalue weighted by Gasteiger charge is 2.32. The lowest BCUT2D eigenvalue weighted by atomic mass is 10.2. The monoisotopic (exact) mass is 211 g/mol. The molecule has 1 fully saturated rings. The highest BCUT2D eigenvalue weighted by atomic mass is 19.1. The first kappa shape index (κ1) is 10.5. The molecule has 15 heavy (non-hydrogen) atoms. The van der Waals surface area contributed by atoms with Crippen LogP contribution < -0.4 is 0 Å². The standard InChI is InChI=1S/C11H14FNO2/c1-13-6-8(7-14)15-11(13)9-4-2-3-5-10(9)12/h2-5,8,11,14H,6-7H2,1H3. The van der Waals surface area contributed by atoms with Crippen LogP contribution in [0, 0.1) is 5.82 Å². The van der Waals surface area contributed by atoms with Crippen LogP contribution in [0.5, 0.6) is 0 Å². The number of likely N-dealkylation sites (N-methyl/N-ethyl adjacent to an activating group) is 1. The van der Waals surface area contributed by atoms with E-state index in [4.69, 9.17) is 9.84 Å². The third kappa shape index (κ3) is 2.02. The minimum absolute atomic E-state index is 0.0324. The summed E-state index contributed by atoms with van der Waals surface area (Å²) in [6, 6.07) is 6.55. The third-order valence-electron chi connectivity index (χ3n) is 2.59. The topological polar surface area (TPSA) is 32.7 Å². The largest absolute Gasteiger partial charge is 0.394 e. The number of ether oxygens (including phenoxy) is 1. The van der Waals surface area contributed by atoms with Crippen molar-refractivity contribution in [2.45, 2.75) is 12.3 Å². The lowest BCUT2D eigenvalue weighted by Gasteiger charge is -2.18. The molecular formula is C11H14FNO2. The van der Waals surface area contributed by atoms with Crippen LogP contribution in [0.4, 0.5) is 4.39 Å². The van der Waals surface area contributed by atoms with Gasteiger partial charge >= 0.3 is 0 Å². The zero-order valence-electron chi connectivity index (χ0n) is 8.56. The Morgan fingerprint density at radius 3 is 2.87 bits per heavy atom. The summed E-state index contributed by atoms with van der Waals surface area (Å²) in [7, 11) is 1.85. The first-order valence-electron chi connectivity index (χ1n) is 4.93. The number of aliphatic hydroxyl groups is 1. The quantitative estimate of drug-likeness (QED) is 0.796. The Morgan fingerprint density at radius 2 is 2.27 bits per heavy atom. The molecule has 1 heterocycles. The second-order valence-electron chi connectivity index (χ2n) is 3.75. The lowest BCUT2D eigenvalue weighted by molar-refractivity contribution is -0.0157. The van der Waals surface area contributed by atoms with Crippen molar-refractivity contribution in [1.29, 1.82) is 0 Å². The summed E-state index contributed by atoms with van der Waals surface area (Å²) < 4.78 is 19.0. The Bertz CT molecular complexity index is 345. The van der Waals surface area contributed by atoms with Crippen LogP contribution in [-0.4, -0.2) is 36.3 Å². The fourth-order valence-corrected chi connectivity index (χ4v) is 1.83. The van der Waals surface area contributed by atoms with Gasteiger partial charge in [-0.3, -0.25) is 4.90 Å². The summed E-state index contributed by atoms with van der Waals surface area (Å²) in [4.78, 5) is 1.89. The molecule has 1 saturated heterocycles. The molecule has 0 aromatic heterocycles. The van der Waals surface area contributed by atoms with Gasteiger partial charge in [0.2, 0.25) is 0 Å². The van der Waals surface area contributed by atoms with Gasteiger partial charge in [0.25, 0.3) is 0 Å². The molecule has 1 aromatic carbocycles. The van der Waals surface area contributed by atoms with E-state index in [1.165, 1.54) is 6.07 Å². The minimum atomic E-state index is -0.386. The van der Waals surface area contributed by atoms with Crippen LogP contribution in [0.1, 0.15) is 11.8 Å². The van der Waals surface area contributed by atoms with Crippen LogP contribution in [0.3, 0.4) is 0 Å². The van der Waals surface area contributed by atoms with Crippen molar-refractivity contribution in [1.82, 2.24) is 4.90 Å². The minimum Gasteiger partial charge on any atom is -0.394 e. The zero-order valence-corrected chi connectivity index (χ0v) is 8.56. The molecule has 82 valence electrons. The molecule has 0 radical (unpaired) electrons. The van der Waals surface area contributed by atoms with E-state index in [9.17, 15) is 4.39 Å². The highest BCUT2D eigenvalue weighted by Crippen LogP contribution is 2.29. The van der Waals surface area contributed by atoms with E-state index in [-0.39, 0.29) is 24.8 Å². The fourth-order valence-electron chi connectivity index (χ4n) is 1.83. The molecule has 1 N–H and O–H groups in total. The molecule has 0 aliphatic carbocycles. The molecule has 4 heteroatoms. The lowest BCUT2D eigenvalue weighted by Crippen LogP contribution is -2.21. The van der Waals surface area contributed by atoms with E-state index in [0.29, 0.717) is 12.1 Å². The number of nitrogens with zero attached hydrogens (tertiary/aromatic N) is 1. The molecular weight excluding hydrogens is 197 g/mol. The predicted molar refractivity (Wildman–Crippen MR) is 53.7 cm³/mol. The van der Waals surface area contributed by atoms with Gasteiger partial charge in [0.05, 0.1) is 12.7 Å². The van der Waals surface area contributed by atoms with Crippen molar-refractivity contribution in [2.75, 3.05) is 20.2 Å². The number of aliphatic hydroxyl groups excluding tert-OH is 1. The Morgan fingerprint density at radius 1 is 1.53 bits per heavy atom. The van der Waals surface area contributed by atoms with Gasteiger partial charge < -0.3 is 9.84 Å². The summed E-state index contributed by atoms with van der Waals surface area (Å²) in [5, 5.41) is 8.97. The van der Waals surface area contributed by atoms with Gasteiger partial charge in [-0.1, -0.05) is 18.2 Å². The Kier molecular flexibility index (Phi) is 3.00. The first-order chi connectivity index (χ1) is 7.22. The van der Waals surface area contributed by atoms with Gasteiger partial charge in [-0.25, -0.2) is 4.39 Å². The van der Waals surface area contributed by atoms with Gasteiger partial charge in [0, 0.05) is 12.1 Å². The number of rotatable bonds is 2. The van der Waals surface area contributed by atoms with E-state index < -0.39 is 0 Å². The maximum absolute atomic E-state index is 13.5. The molecule has 0 bridgehead atoms. The van der Waals surface area contributed by atoms with Crippen LogP contribution in [0.2, 0.25) is 0 Å². The van der Waals surface area contributed by atoms with E-state index in [0.717, 1.165) is 0 Å². The molecule has 3 nitrogen and oxygen atoms in total. The second kappa shape index (κ2) is 4.26. The highest BCUT2D eigenvalue weighted by molar-refractivity contribution is 5.20. The van der Waals surface area contributed by atoms with E-state index in [1.807, 2.05) is 11.9 Å². The molecule has 1 aromatic rings.